The van der Waals surface area contributed by atoms with Crippen LogP contribution in [0.2, 0.25) is 0 Å². The Balaban J connectivity index is 2.56. The van der Waals surface area contributed by atoms with Crippen molar-refractivity contribution in [3.05, 3.63) is 35.9 Å². The molecular weight excluding hydrogens is 232 g/mol. The van der Waals surface area contributed by atoms with Crippen LogP contribution in [-0.4, -0.2) is 23.6 Å². The number of ketones is 1. The number of nitrogens with one attached hydrogen (secondary N) is 2. The van der Waals surface area contributed by atoms with Crippen LogP contribution in [0.5, 0.6) is 0 Å². The normalized spacial score (nSPS) is 10.6. The number of carbonyl (C=O) groups is 3. The number of hydrogen-bond donors (Lipinski definition) is 2. The summed E-state index contributed by atoms with van der Waals surface area (Å²) >= 11 is 0. The summed E-state index contributed by atoms with van der Waals surface area (Å²) < 4.78 is 0. The molecule has 0 saturated carbocycles. The standard InChI is InChI=1S/C13H16N2O3/c1-13(2,15-9-16)11(17)12(18)14-8-10-6-4-3-5-7-10/h3-7,9H,8H2,1-2H3,(H,14,18)(H,15,16). The first-order valence-corrected chi connectivity index (χ1v) is 5.55. The molecule has 1 aromatic carbocycles. The smallest absolute Gasteiger partial charge is 0.290 e. The minimum atomic E-state index is -1.19. The molecular formula is C13H16N2O3. The van der Waals surface area contributed by atoms with Gasteiger partial charge < -0.3 is 10.6 Å². The summed E-state index contributed by atoms with van der Waals surface area (Å²) in [7, 11) is 0. The van der Waals surface area contributed by atoms with Crippen molar-refractivity contribution in [2.45, 2.75) is 25.9 Å². The number of benzene rings is 1. The molecule has 96 valence electrons. The van der Waals surface area contributed by atoms with Gasteiger partial charge in [-0.3, -0.25) is 14.4 Å². The Kier molecular flexibility index (Phi) is 4.59. The summed E-state index contributed by atoms with van der Waals surface area (Å²) in [6, 6.07) is 9.26. The summed E-state index contributed by atoms with van der Waals surface area (Å²) in [5, 5.41) is 4.83. The summed E-state index contributed by atoms with van der Waals surface area (Å²) in [5.41, 5.74) is -0.289. The highest BCUT2D eigenvalue weighted by Crippen LogP contribution is 2.03. The molecule has 2 amide bonds. The van der Waals surface area contributed by atoms with Crippen molar-refractivity contribution < 1.29 is 14.4 Å². The van der Waals surface area contributed by atoms with Crippen LogP contribution in [0.25, 0.3) is 0 Å². The van der Waals surface area contributed by atoms with Crippen LogP contribution in [0.4, 0.5) is 0 Å². The lowest BCUT2D eigenvalue weighted by Crippen LogP contribution is -2.52. The Labute approximate surface area is 106 Å². The molecule has 18 heavy (non-hydrogen) atoms. The number of Topliss-reactive ketones (excluding diaryl/α,β-unsaturated/α-hetero) is 1. The molecule has 0 atom stereocenters. The van der Waals surface area contributed by atoms with Gasteiger partial charge in [0.1, 0.15) is 5.54 Å². The molecule has 0 bridgehead atoms. The molecule has 0 aliphatic carbocycles. The molecule has 0 saturated heterocycles. The van der Waals surface area contributed by atoms with Gasteiger partial charge in [0.25, 0.3) is 5.91 Å². The fourth-order valence-corrected chi connectivity index (χ4v) is 1.36. The second kappa shape index (κ2) is 5.95. The van der Waals surface area contributed by atoms with E-state index in [1.807, 2.05) is 30.3 Å². The molecule has 5 nitrogen and oxygen atoms in total. The van der Waals surface area contributed by atoms with E-state index < -0.39 is 17.2 Å². The van der Waals surface area contributed by atoms with E-state index in [0.29, 0.717) is 6.41 Å². The Morgan fingerprint density at radius 1 is 1.22 bits per heavy atom. The summed E-state index contributed by atoms with van der Waals surface area (Å²) in [6.07, 6.45) is 0.405. The quantitative estimate of drug-likeness (QED) is 0.565. The van der Waals surface area contributed by atoms with Crippen LogP contribution in [0.1, 0.15) is 19.4 Å². The predicted octanol–water partition coefficient (Wildman–Crippen LogP) is 0.397. The Morgan fingerprint density at radius 3 is 2.39 bits per heavy atom. The van der Waals surface area contributed by atoms with E-state index >= 15 is 0 Å². The second-order valence-electron chi connectivity index (χ2n) is 4.38. The highest BCUT2D eigenvalue weighted by molar-refractivity contribution is 6.39. The number of amides is 2. The Hall–Kier alpha value is -2.17. The van der Waals surface area contributed by atoms with Gasteiger partial charge in [-0.1, -0.05) is 30.3 Å². The molecule has 1 aromatic rings. The zero-order chi connectivity index (χ0) is 13.6. The van der Waals surface area contributed by atoms with Crippen molar-refractivity contribution in [1.29, 1.82) is 0 Å². The van der Waals surface area contributed by atoms with Gasteiger partial charge in [0, 0.05) is 6.54 Å². The van der Waals surface area contributed by atoms with Crippen molar-refractivity contribution in [3.63, 3.8) is 0 Å². The molecule has 2 N–H and O–H groups in total. The van der Waals surface area contributed by atoms with Gasteiger partial charge >= 0.3 is 0 Å². The molecule has 0 radical (unpaired) electrons. The average molecular weight is 248 g/mol. The third-order valence-electron chi connectivity index (χ3n) is 2.49. The van der Waals surface area contributed by atoms with E-state index in [2.05, 4.69) is 10.6 Å². The van der Waals surface area contributed by atoms with E-state index in [1.54, 1.807) is 0 Å². The minimum absolute atomic E-state index is 0.280. The van der Waals surface area contributed by atoms with E-state index in [9.17, 15) is 14.4 Å². The van der Waals surface area contributed by atoms with Crippen molar-refractivity contribution in [1.82, 2.24) is 10.6 Å². The largest absolute Gasteiger partial charge is 0.346 e. The predicted molar refractivity (Wildman–Crippen MR) is 66.6 cm³/mol. The lowest BCUT2D eigenvalue weighted by Gasteiger charge is -2.21. The van der Waals surface area contributed by atoms with Crippen molar-refractivity contribution >= 4 is 18.1 Å². The van der Waals surface area contributed by atoms with E-state index in [4.69, 9.17) is 0 Å². The van der Waals surface area contributed by atoms with Gasteiger partial charge in [0.15, 0.2) is 0 Å². The minimum Gasteiger partial charge on any atom is -0.346 e. The van der Waals surface area contributed by atoms with Crippen LogP contribution < -0.4 is 10.6 Å². The Bertz CT molecular complexity index is 441. The highest BCUT2D eigenvalue weighted by Gasteiger charge is 2.32. The van der Waals surface area contributed by atoms with E-state index in [0.717, 1.165) is 5.56 Å². The molecule has 5 heteroatoms. The fourth-order valence-electron chi connectivity index (χ4n) is 1.36. The van der Waals surface area contributed by atoms with Crippen LogP contribution in [-0.2, 0) is 20.9 Å². The molecule has 0 aliphatic rings. The van der Waals surface area contributed by atoms with Gasteiger partial charge in [-0.05, 0) is 19.4 Å². The summed E-state index contributed by atoms with van der Waals surface area (Å²) in [6.45, 7) is 3.24. The first kappa shape index (κ1) is 13.9. The maximum Gasteiger partial charge on any atom is 0.290 e. The van der Waals surface area contributed by atoms with Crippen molar-refractivity contribution in [3.8, 4) is 0 Å². The maximum atomic E-state index is 11.7. The monoisotopic (exact) mass is 248 g/mol. The zero-order valence-corrected chi connectivity index (χ0v) is 10.4. The lowest BCUT2D eigenvalue weighted by atomic mass is 9.99. The fraction of sp³-hybridized carbons (Fsp3) is 0.308. The molecule has 0 unspecified atom stereocenters. The van der Waals surface area contributed by atoms with Crippen LogP contribution in [0.3, 0.4) is 0 Å². The maximum absolute atomic E-state index is 11.7. The van der Waals surface area contributed by atoms with Gasteiger partial charge in [-0.25, -0.2) is 0 Å². The second-order valence-corrected chi connectivity index (χ2v) is 4.38. The zero-order valence-electron chi connectivity index (χ0n) is 10.4. The highest BCUT2D eigenvalue weighted by atomic mass is 16.2. The van der Waals surface area contributed by atoms with Crippen LogP contribution in [0, 0.1) is 0 Å². The summed E-state index contributed by atoms with van der Waals surface area (Å²) in [5.74, 6) is -1.39. The number of rotatable bonds is 6. The Morgan fingerprint density at radius 2 is 1.83 bits per heavy atom. The average Bonchev–Trinajstić information content (AvgIpc) is 2.36. The van der Waals surface area contributed by atoms with Gasteiger partial charge in [0.05, 0.1) is 0 Å². The van der Waals surface area contributed by atoms with Crippen LogP contribution in [0.15, 0.2) is 30.3 Å². The van der Waals surface area contributed by atoms with Gasteiger partial charge in [0.2, 0.25) is 12.2 Å². The molecule has 0 fully saturated rings. The third kappa shape index (κ3) is 3.69. The molecule has 0 aliphatic heterocycles. The first-order valence-electron chi connectivity index (χ1n) is 5.55. The number of hydrogen-bond acceptors (Lipinski definition) is 3. The summed E-state index contributed by atoms with van der Waals surface area (Å²) in [4.78, 5) is 33.7. The van der Waals surface area contributed by atoms with Crippen molar-refractivity contribution in [2.24, 2.45) is 0 Å². The molecule has 0 spiro atoms. The molecule has 0 aromatic heterocycles. The number of carbonyl (C=O) groups excluding carboxylic acids is 3. The van der Waals surface area contributed by atoms with E-state index in [1.165, 1.54) is 13.8 Å². The topological polar surface area (TPSA) is 75.3 Å². The van der Waals surface area contributed by atoms with E-state index in [-0.39, 0.29) is 6.54 Å². The lowest BCUT2D eigenvalue weighted by molar-refractivity contribution is -0.141. The van der Waals surface area contributed by atoms with Gasteiger partial charge in [-0.2, -0.15) is 0 Å². The SMILES string of the molecule is CC(C)(NC=O)C(=O)C(=O)NCc1ccccc1. The first-order chi connectivity index (χ1) is 8.47. The third-order valence-corrected chi connectivity index (χ3v) is 2.49. The van der Waals surface area contributed by atoms with Crippen molar-refractivity contribution in [2.75, 3.05) is 0 Å². The molecule has 0 heterocycles. The molecule has 1 rings (SSSR count). The van der Waals surface area contributed by atoms with Crippen LogP contribution >= 0.6 is 0 Å². The van der Waals surface area contributed by atoms with Gasteiger partial charge in [-0.15, -0.1) is 0 Å².